The van der Waals surface area contributed by atoms with E-state index in [0.717, 1.165) is 11.6 Å². The summed E-state index contributed by atoms with van der Waals surface area (Å²) in [5.74, 6) is 2.24. The molecule has 1 aliphatic carbocycles. The predicted molar refractivity (Wildman–Crippen MR) is 80.3 cm³/mol. The molecule has 0 unspecified atom stereocenters. The topological polar surface area (TPSA) is 63.8 Å². The highest BCUT2D eigenvalue weighted by Gasteiger charge is 2.20. The molecule has 4 heteroatoms. The van der Waals surface area contributed by atoms with E-state index in [2.05, 4.69) is 36.1 Å². The molecule has 0 bridgehead atoms. The molecular formula is C15H26N4. The molecular weight excluding hydrogens is 236 g/mol. The fraction of sp³-hybridized carbons (Fsp3) is 0.733. The first kappa shape index (κ1) is 14.1. The van der Waals surface area contributed by atoms with Crippen molar-refractivity contribution in [2.45, 2.75) is 70.8 Å². The number of rotatable bonds is 2. The molecule has 1 heterocycles. The van der Waals surface area contributed by atoms with Gasteiger partial charge in [-0.3, -0.25) is 0 Å². The van der Waals surface area contributed by atoms with Gasteiger partial charge in [-0.2, -0.15) is 0 Å². The van der Waals surface area contributed by atoms with Crippen molar-refractivity contribution in [3.05, 3.63) is 11.9 Å². The second-order valence-electron chi connectivity index (χ2n) is 6.58. The third-order valence-electron chi connectivity index (χ3n) is 3.62. The Bertz CT molecular complexity index is 415. The maximum absolute atomic E-state index is 5.90. The summed E-state index contributed by atoms with van der Waals surface area (Å²) >= 11 is 0. The molecule has 19 heavy (non-hydrogen) atoms. The van der Waals surface area contributed by atoms with Crippen molar-refractivity contribution in [2.24, 2.45) is 0 Å². The zero-order chi connectivity index (χ0) is 13.9. The minimum atomic E-state index is -0.0741. The van der Waals surface area contributed by atoms with Crippen molar-refractivity contribution in [3.8, 4) is 0 Å². The van der Waals surface area contributed by atoms with E-state index >= 15 is 0 Å². The van der Waals surface area contributed by atoms with Crippen molar-refractivity contribution < 1.29 is 0 Å². The van der Waals surface area contributed by atoms with Crippen molar-refractivity contribution in [2.75, 3.05) is 11.1 Å². The fourth-order valence-electron chi connectivity index (χ4n) is 2.51. The lowest BCUT2D eigenvalue weighted by molar-refractivity contribution is 0.545. The molecule has 0 saturated heterocycles. The van der Waals surface area contributed by atoms with E-state index in [1.54, 1.807) is 0 Å². The summed E-state index contributed by atoms with van der Waals surface area (Å²) in [7, 11) is 0. The molecule has 106 valence electrons. The summed E-state index contributed by atoms with van der Waals surface area (Å²) < 4.78 is 0. The van der Waals surface area contributed by atoms with Gasteiger partial charge in [-0.1, -0.05) is 46.5 Å². The molecule has 0 amide bonds. The van der Waals surface area contributed by atoms with Crippen LogP contribution in [0.2, 0.25) is 0 Å². The maximum atomic E-state index is 5.90. The number of hydrogen-bond acceptors (Lipinski definition) is 4. The van der Waals surface area contributed by atoms with E-state index in [1.807, 2.05) is 6.07 Å². The molecule has 4 nitrogen and oxygen atoms in total. The number of nitrogens with one attached hydrogen (secondary N) is 1. The van der Waals surface area contributed by atoms with E-state index in [4.69, 9.17) is 5.73 Å². The maximum Gasteiger partial charge on any atom is 0.138 e. The molecule has 0 spiro atoms. The summed E-state index contributed by atoms with van der Waals surface area (Å²) in [6.45, 7) is 6.33. The molecule has 1 aromatic heterocycles. The van der Waals surface area contributed by atoms with Crippen LogP contribution in [0.4, 0.5) is 11.6 Å². The van der Waals surface area contributed by atoms with Gasteiger partial charge in [0.25, 0.3) is 0 Å². The van der Waals surface area contributed by atoms with Crippen LogP contribution in [0.15, 0.2) is 6.07 Å². The summed E-state index contributed by atoms with van der Waals surface area (Å²) in [6, 6.07) is 2.38. The smallest absolute Gasteiger partial charge is 0.138 e. The second kappa shape index (κ2) is 5.76. The summed E-state index contributed by atoms with van der Waals surface area (Å²) in [5, 5.41) is 3.54. The molecule has 0 aliphatic heterocycles. The lowest BCUT2D eigenvalue weighted by Crippen LogP contribution is -2.22. The molecule has 1 saturated carbocycles. The lowest BCUT2D eigenvalue weighted by atomic mass is 9.96. The monoisotopic (exact) mass is 262 g/mol. The van der Waals surface area contributed by atoms with Crippen LogP contribution in [-0.4, -0.2) is 16.0 Å². The first-order chi connectivity index (χ1) is 8.95. The van der Waals surface area contributed by atoms with Gasteiger partial charge >= 0.3 is 0 Å². The molecule has 1 fully saturated rings. The Balaban J connectivity index is 2.13. The van der Waals surface area contributed by atoms with E-state index in [9.17, 15) is 0 Å². The predicted octanol–water partition coefficient (Wildman–Crippen LogP) is 3.49. The quantitative estimate of drug-likeness (QED) is 0.801. The molecule has 1 aliphatic rings. The van der Waals surface area contributed by atoms with E-state index in [1.165, 1.54) is 38.5 Å². The number of anilines is 2. The molecule has 0 aromatic carbocycles. The van der Waals surface area contributed by atoms with Crippen molar-refractivity contribution in [1.29, 1.82) is 0 Å². The van der Waals surface area contributed by atoms with Crippen molar-refractivity contribution >= 4 is 11.6 Å². The van der Waals surface area contributed by atoms with Crippen LogP contribution in [0.3, 0.4) is 0 Å². The highest BCUT2D eigenvalue weighted by Crippen LogP contribution is 2.24. The minimum absolute atomic E-state index is 0.0741. The van der Waals surface area contributed by atoms with Crippen LogP contribution in [0, 0.1) is 0 Å². The largest absolute Gasteiger partial charge is 0.384 e. The number of nitrogens with zero attached hydrogens (tertiary/aromatic N) is 2. The second-order valence-corrected chi connectivity index (χ2v) is 6.58. The third-order valence-corrected chi connectivity index (χ3v) is 3.62. The van der Waals surface area contributed by atoms with Gasteiger partial charge in [-0.15, -0.1) is 0 Å². The average molecular weight is 262 g/mol. The van der Waals surface area contributed by atoms with E-state index in [-0.39, 0.29) is 5.41 Å². The van der Waals surface area contributed by atoms with Crippen molar-refractivity contribution in [1.82, 2.24) is 9.97 Å². The van der Waals surface area contributed by atoms with E-state index < -0.39 is 0 Å². The number of nitrogens with two attached hydrogens (primary N) is 1. The number of hydrogen-bond donors (Lipinski definition) is 2. The van der Waals surface area contributed by atoms with Crippen LogP contribution in [0.25, 0.3) is 0 Å². The highest BCUT2D eigenvalue weighted by atomic mass is 15.1. The van der Waals surface area contributed by atoms with Gasteiger partial charge in [0.15, 0.2) is 0 Å². The van der Waals surface area contributed by atoms with Crippen molar-refractivity contribution in [3.63, 3.8) is 0 Å². The Morgan fingerprint density at radius 3 is 2.32 bits per heavy atom. The molecule has 3 N–H and O–H groups in total. The van der Waals surface area contributed by atoms with Gasteiger partial charge in [-0.05, 0) is 12.8 Å². The Kier molecular flexibility index (Phi) is 4.27. The first-order valence-corrected chi connectivity index (χ1v) is 7.37. The van der Waals surface area contributed by atoms with Gasteiger partial charge in [0.2, 0.25) is 0 Å². The fourth-order valence-corrected chi connectivity index (χ4v) is 2.51. The summed E-state index contributed by atoms with van der Waals surface area (Å²) in [6.07, 6.45) is 7.80. The zero-order valence-corrected chi connectivity index (χ0v) is 12.4. The first-order valence-electron chi connectivity index (χ1n) is 7.37. The third kappa shape index (κ3) is 4.08. The van der Waals surface area contributed by atoms with Crippen LogP contribution < -0.4 is 11.1 Å². The van der Waals surface area contributed by atoms with Gasteiger partial charge in [0.1, 0.15) is 17.5 Å². The number of aromatic nitrogens is 2. The zero-order valence-electron chi connectivity index (χ0n) is 12.4. The van der Waals surface area contributed by atoms with Gasteiger partial charge in [0.05, 0.1) is 0 Å². The Morgan fingerprint density at radius 1 is 1.11 bits per heavy atom. The molecule has 0 radical (unpaired) electrons. The Hall–Kier alpha value is -1.32. The van der Waals surface area contributed by atoms with E-state index in [0.29, 0.717) is 11.9 Å². The Labute approximate surface area is 116 Å². The van der Waals surface area contributed by atoms with Crippen LogP contribution in [0.1, 0.15) is 65.1 Å². The highest BCUT2D eigenvalue weighted by molar-refractivity contribution is 5.46. The minimum Gasteiger partial charge on any atom is -0.384 e. The lowest BCUT2D eigenvalue weighted by Gasteiger charge is -2.21. The van der Waals surface area contributed by atoms with Crippen LogP contribution in [0.5, 0.6) is 0 Å². The average Bonchev–Trinajstić information content (AvgIpc) is 2.55. The van der Waals surface area contributed by atoms with Gasteiger partial charge in [-0.25, -0.2) is 9.97 Å². The molecule has 2 rings (SSSR count). The number of nitrogen functional groups attached to an aromatic ring is 1. The van der Waals surface area contributed by atoms with Gasteiger partial charge in [0, 0.05) is 17.5 Å². The Morgan fingerprint density at radius 2 is 1.74 bits per heavy atom. The van der Waals surface area contributed by atoms with Crippen LogP contribution >= 0.6 is 0 Å². The normalized spacial score (nSPS) is 18.1. The molecule has 0 atom stereocenters. The summed E-state index contributed by atoms with van der Waals surface area (Å²) in [5.41, 5.74) is 5.83. The van der Waals surface area contributed by atoms with Gasteiger partial charge < -0.3 is 11.1 Å². The molecule has 1 aromatic rings. The standard InChI is InChI=1S/C15H26N4/c1-15(2,3)14-18-12(16)10-13(19-14)17-11-8-6-4-5-7-9-11/h10-11H,4-9H2,1-3H3,(H3,16,17,18,19). The van der Waals surface area contributed by atoms with Crippen LogP contribution in [-0.2, 0) is 5.41 Å². The SMILES string of the molecule is CC(C)(C)c1nc(N)cc(NC2CCCCCC2)n1. The summed E-state index contributed by atoms with van der Waals surface area (Å²) in [4.78, 5) is 8.97.